The normalized spacial score (nSPS) is 16.2. The molecule has 0 unspecified atom stereocenters. The molecule has 1 atom stereocenters. The van der Waals surface area contributed by atoms with Crippen LogP contribution in [-0.4, -0.2) is 60.4 Å². The summed E-state index contributed by atoms with van der Waals surface area (Å²) in [5.74, 6) is 0.265. The lowest BCUT2D eigenvalue weighted by atomic mass is 10.0. The van der Waals surface area contributed by atoms with Crippen LogP contribution in [0.4, 0.5) is 0 Å². The van der Waals surface area contributed by atoms with E-state index in [1.54, 1.807) is 18.1 Å². The Labute approximate surface area is 185 Å². The van der Waals surface area contributed by atoms with Crippen LogP contribution in [0.1, 0.15) is 45.2 Å². The molecule has 1 amide bonds. The Kier molecular flexibility index (Phi) is 5.40. The molecule has 0 bridgehead atoms. The van der Waals surface area contributed by atoms with Crippen LogP contribution in [-0.2, 0) is 17.9 Å². The average molecular weight is 432 g/mol. The minimum Gasteiger partial charge on any atom is -0.380 e. The summed E-state index contributed by atoms with van der Waals surface area (Å²) < 4.78 is 8.85. The fourth-order valence-electron chi connectivity index (χ4n) is 4.36. The van der Waals surface area contributed by atoms with Crippen molar-refractivity contribution in [2.75, 3.05) is 20.2 Å². The predicted molar refractivity (Wildman–Crippen MR) is 117 cm³/mol. The fraction of sp³-hybridized carbons (Fsp3) is 0.348. The number of rotatable bonds is 6. The van der Waals surface area contributed by atoms with Gasteiger partial charge in [-0.15, -0.1) is 0 Å². The molecule has 1 saturated heterocycles. The van der Waals surface area contributed by atoms with Gasteiger partial charge in [-0.25, -0.2) is 19.2 Å². The number of carbonyl (C=O) groups is 1. The van der Waals surface area contributed by atoms with Crippen molar-refractivity contribution in [1.29, 1.82) is 0 Å². The summed E-state index contributed by atoms with van der Waals surface area (Å²) in [6.45, 7) is 4.48. The van der Waals surface area contributed by atoms with Crippen molar-refractivity contribution < 1.29 is 9.53 Å². The number of ether oxygens (including phenoxy) is 1. The van der Waals surface area contributed by atoms with Gasteiger partial charge in [-0.3, -0.25) is 4.79 Å². The van der Waals surface area contributed by atoms with Crippen molar-refractivity contribution in [3.05, 3.63) is 77.3 Å². The lowest BCUT2D eigenvalue weighted by Gasteiger charge is -2.17. The van der Waals surface area contributed by atoms with Crippen molar-refractivity contribution in [1.82, 2.24) is 34.3 Å². The van der Waals surface area contributed by atoms with Gasteiger partial charge in [0.2, 0.25) is 0 Å². The van der Waals surface area contributed by atoms with E-state index in [1.807, 2.05) is 52.9 Å². The summed E-state index contributed by atoms with van der Waals surface area (Å²) in [6.07, 6.45) is 5.93. The molecule has 32 heavy (non-hydrogen) atoms. The molecule has 164 valence electrons. The van der Waals surface area contributed by atoms with Gasteiger partial charge < -0.3 is 9.64 Å². The quantitative estimate of drug-likeness (QED) is 0.466. The highest BCUT2D eigenvalue weighted by atomic mass is 16.5. The van der Waals surface area contributed by atoms with Gasteiger partial charge in [0.05, 0.1) is 24.5 Å². The van der Waals surface area contributed by atoms with Gasteiger partial charge in [-0.2, -0.15) is 10.2 Å². The van der Waals surface area contributed by atoms with Crippen LogP contribution < -0.4 is 0 Å². The highest BCUT2D eigenvalue weighted by molar-refractivity contribution is 5.94. The van der Waals surface area contributed by atoms with Gasteiger partial charge >= 0.3 is 0 Å². The van der Waals surface area contributed by atoms with Crippen molar-refractivity contribution >= 4 is 11.6 Å². The maximum atomic E-state index is 13.0. The standard InChI is InChI=1S/C23H25N7O2/c1-16-20(12-29-15-24-14-26-29)22-25-9-7-21(30(22)27-16)19-8-10-28(11-19)23(31)18-5-3-17(4-6-18)13-32-2/h3-7,9,14-15,19H,8,10-13H2,1-2H3/t19-/m0/s1. The first-order chi connectivity index (χ1) is 15.6. The number of fused-ring (bicyclic) bond motifs is 1. The molecule has 9 nitrogen and oxygen atoms in total. The van der Waals surface area contributed by atoms with E-state index in [1.165, 1.54) is 6.33 Å². The predicted octanol–water partition coefficient (Wildman–Crippen LogP) is 2.45. The molecule has 4 aromatic rings. The molecule has 0 radical (unpaired) electrons. The summed E-state index contributed by atoms with van der Waals surface area (Å²) in [5, 5.41) is 8.97. The Morgan fingerprint density at radius 3 is 2.81 bits per heavy atom. The van der Waals surface area contributed by atoms with Gasteiger partial charge in [-0.1, -0.05) is 12.1 Å². The zero-order valence-electron chi connectivity index (χ0n) is 18.2. The first-order valence-electron chi connectivity index (χ1n) is 10.7. The Morgan fingerprint density at radius 2 is 2.06 bits per heavy atom. The third-order valence-corrected chi connectivity index (χ3v) is 6.04. The van der Waals surface area contributed by atoms with Crippen LogP contribution in [0.15, 0.2) is 49.2 Å². The number of aryl methyl sites for hydroxylation is 1. The average Bonchev–Trinajstić information content (AvgIpc) is 3.55. The molecule has 0 aliphatic carbocycles. The lowest BCUT2D eigenvalue weighted by molar-refractivity contribution is 0.0790. The molecule has 4 heterocycles. The van der Waals surface area contributed by atoms with Crippen LogP contribution in [0, 0.1) is 6.92 Å². The Bertz CT molecular complexity index is 1230. The number of methoxy groups -OCH3 is 1. The Hall–Kier alpha value is -3.59. The minimum absolute atomic E-state index is 0.0604. The molecule has 1 aliphatic heterocycles. The third-order valence-electron chi connectivity index (χ3n) is 6.04. The first-order valence-corrected chi connectivity index (χ1v) is 10.7. The number of carbonyl (C=O) groups excluding carboxylic acids is 1. The molecule has 9 heteroatoms. The van der Waals surface area contributed by atoms with Crippen LogP contribution in [0.5, 0.6) is 0 Å². The second-order valence-corrected chi connectivity index (χ2v) is 8.13. The third kappa shape index (κ3) is 3.75. The van der Waals surface area contributed by atoms with Gasteiger partial charge in [0, 0.05) is 43.4 Å². The Morgan fingerprint density at radius 1 is 1.22 bits per heavy atom. The zero-order valence-corrected chi connectivity index (χ0v) is 18.2. The summed E-state index contributed by atoms with van der Waals surface area (Å²) in [7, 11) is 1.66. The van der Waals surface area contributed by atoms with Gasteiger partial charge in [0.1, 0.15) is 12.7 Å². The van der Waals surface area contributed by atoms with Crippen LogP contribution in [0.25, 0.3) is 5.65 Å². The van der Waals surface area contributed by atoms with Crippen LogP contribution >= 0.6 is 0 Å². The lowest BCUT2D eigenvalue weighted by Crippen LogP contribution is -2.28. The number of benzene rings is 1. The number of hydrogen-bond donors (Lipinski definition) is 0. The van der Waals surface area contributed by atoms with E-state index < -0.39 is 0 Å². The highest BCUT2D eigenvalue weighted by Crippen LogP contribution is 2.29. The molecule has 3 aromatic heterocycles. The fourth-order valence-corrected chi connectivity index (χ4v) is 4.36. The topological polar surface area (TPSA) is 90.4 Å². The minimum atomic E-state index is 0.0604. The van der Waals surface area contributed by atoms with E-state index in [9.17, 15) is 4.79 Å². The molecular formula is C23H25N7O2. The van der Waals surface area contributed by atoms with Gasteiger partial charge in [0.25, 0.3) is 5.91 Å². The molecule has 5 rings (SSSR count). The maximum Gasteiger partial charge on any atom is 0.253 e. The molecular weight excluding hydrogens is 406 g/mol. The van der Waals surface area contributed by atoms with Crippen molar-refractivity contribution in [2.45, 2.75) is 32.4 Å². The van der Waals surface area contributed by atoms with E-state index in [0.29, 0.717) is 25.3 Å². The number of nitrogens with zero attached hydrogens (tertiary/aromatic N) is 7. The van der Waals surface area contributed by atoms with Crippen LogP contribution in [0.2, 0.25) is 0 Å². The zero-order chi connectivity index (χ0) is 22.1. The summed E-state index contributed by atoms with van der Waals surface area (Å²) in [4.78, 5) is 23.6. The summed E-state index contributed by atoms with van der Waals surface area (Å²) >= 11 is 0. The van der Waals surface area contributed by atoms with Gasteiger partial charge in [0.15, 0.2) is 5.65 Å². The number of amides is 1. The maximum absolute atomic E-state index is 13.0. The van der Waals surface area contributed by atoms with Crippen molar-refractivity contribution in [3.8, 4) is 0 Å². The molecule has 0 saturated carbocycles. The number of aromatic nitrogens is 6. The molecule has 1 aromatic carbocycles. The summed E-state index contributed by atoms with van der Waals surface area (Å²) in [5.41, 5.74) is 5.61. The molecule has 1 fully saturated rings. The van der Waals surface area contributed by atoms with E-state index in [4.69, 9.17) is 9.84 Å². The smallest absolute Gasteiger partial charge is 0.253 e. The van der Waals surface area contributed by atoms with Crippen molar-refractivity contribution in [3.63, 3.8) is 0 Å². The highest BCUT2D eigenvalue weighted by Gasteiger charge is 2.30. The number of hydrogen-bond acceptors (Lipinski definition) is 6. The van der Waals surface area contributed by atoms with E-state index in [0.717, 1.165) is 41.1 Å². The second kappa shape index (κ2) is 8.51. The first kappa shape index (κ1) is 20.3. The second-order valence-electron chi connectivity index (χ2n) is 8.13. The Balaban J connectivity index is 1.36. The monoisotopic (exact) mass is 431 g/mol. The van der Waals surface area contributed by atoms with E-state index in [2.05, 4.69) is 15.1 Å². The SMILES string of the molecule is COCc1ccc(C(=O)N2CC[C@H](c3ccnc4c(Cn5cncn5)c(C)nn34)C2)cc1. The van der Waals surface area contributed by atoms with E-state index in [-0.39, 0.29) is 11.8 Å². The largest absolute Gasteiger partial charge is 0.380 e. The van der Waals surface area contributed by atoms with Crippen molar-refractivity contribution in [2.24, 2.45) is 0 Å². The number of likely N-dealkylation sites (tertiary alicyclic amines) is 1. The molecule has 0 N–H and O–H groups in total. The molecule has 1 aliphatic rings. The molecule has 0 spiro atoms. The van der Waals surface area contributed by atoms with Crippen LogP contribution in [0.3, 0.4) is 0 Å². The van der Waals surface area contributed by atoms with Gasteiger partial charge in [-0.05, 0) is 37.1 Å². The van der Waals surface area contributed by atoms with E-state index >= 15 is 0 Å². The summed E-state index contributed by atoms with van der Waals surface area (Å²) in [6, 6.07) is 9.65.